The van der Waals surface area contributed by atoms with Crippen LogP contribution in [-0.4, -0.2) is 98.2 Å². The van der Waals surface area contributed by atoms with Gasteiger partial charge in [-0.3, -0.25) is 4.98 Å². The van der Waals surface area contributed by atoms with Crippen LogP contribution in [0.5, 0.6) is 5.75 Å². The van der Waals surface area contributed by atoms with E-state index in [1.54, 1.807) is 18.3 Å². The molecule has 14 heteroatoms. The molecule has 0 spiro atoms. The molecular weight excluding hydrogens is 744 g/mol. The summed E-state index contributed by atoms with van der Waals surface area (Å²) in [4.78, 5) is 27.6. The molecule has 3 aromatic heterocycles. The van der Waals surface area contributed by atoms with Crippen molar-refractivity contribution in [2.45, 2.75) is 121 Å². The fraction of sp³-hybridized carbons (Fsp3) is 0.571. The molecule has 0 aliphatic carbocycles. The van der Waals surface area contributed by atoms with E-state index in [-0.39, 0.29) is 29.8 Å². The Morgan fingerprint density at radius 3 is 2.05 bits per heavy atom. The van der Waals surface area contributed by atoms with Crippen LogP contribution in [0, 0.1) is 5.82 Å². The van der Waals surface area contributed by atoms with Crippen molar-refractivity contribution in [1.29, 1.82) is 0 Å². The molecule has 4 aromatic rings. The van der Waals surface area contributed by atoms with Crippen molar-refractivity contribution < 1.29 is 28.1 Å². The van der Waals surface area contributed by atoms with Crippen LogP contribution in [-0.2, 0) is 14.2 Å². The summed E-state index contributed by atoms with van der Waals surface area (Å²) >= 11 is 0. The number of carbonyl (C=O) groups is 1. The number of methoxy groups -OCH3 is 1. The number of hydrogen-bond acceptors (Lipinski definition) is 9. The van der Waals surface area contributed by atoms with Crippen molar-refractivity contribution in [3.05, 3.63) is 60.3 Å². The normalized spacial score (nSPS) is 18.8. The van der Waals surface area contributed by atoms with Gasteiger partial charge in [-0.1, -0.05) is 45.3 Å². The zero-order chi connectivity index (χ0) is 40.4. The number of aromatic nitrogens is 4. The summed E-state index contributed by atoms with van der Waals surface area (Å²) in [5.41, 5.74) is 4.09. The molecule has 2 aliphatic rings. The standard InChI is InChI=1S/C42H61FN6O5Si2/c1-42(2,3)54-41(50)48-32-13-14-33(48)22-31(21-32)37-24-39(47(27-52-17-19-55(5,6)7)28-53-18-20-56(8,9)10)49-40(46-37)34(26-45-49)30-11-15-36(44-25-30)29-12-16-38(51-4)35(43)23-29/h11-12,15-16,23-26,31-33H,13-14,17-22,27-28H2,1-10H3/t31-,32+,33-. The maximum absolute atomic E-state index is 14.6. The molecule has 56 heavy (non-hydrogen) atoms. The van der Waals surface area contributed by atoms with Gasteiger partial charge in [0.05, 0.1) is 19.0 Å². The Morgan fingerprint density at radius 1 is 0.893 bits per heavy atom. The van der Waals surface area contributed by atoms with E-state index in [2.05, 4.69) is 50.2 Å². The number of rotatable bonds is 15. The van der Waals surface area contributed by atoms with E-state index in [1.165, 1.54) is 13.2 Å². The largest absolute Gasteiger partial charge is 0.494 e. The van der Waals surface area contributed by atoms with Crippen LogP contribution in [0.3, 0.4) is 0 Å². The van der Waals surface area contributed by atoms with Gasteiger partial charge in [0.15, 0.2) is 17.2 Å². The molecule has 6 rings (SSSR count). The first-order valence-electron chi connectivity index (χ1n) is 20.0. The van der Waals surface area contributed by atoms with Gasteiger partial charge in [-0.05, 0) is 82.8 Å². The van der Waals surface area contributed by atoms with E-state index in [4.69, 9.17) is 34.0 Å². The molecule has 11 nitrogen and oxygen atoms in total. The Hall–Kier alpha value is -3.86. The number of halogens is 1. The second kappa shape index (κ2) is 16.9. The number of pyridine rings is 1. The molecule has 1 aromatic carbocycles. The number of amides is 1. The Labute approximate surface area is 333 Å². The summed E-state index contributed by atoms with van der Waals surface area (Å²) < 4.78 is 40.2. The third kappa shape index (κ3) is 10.4. The van der Waals surface area contributed by atoms with Gasteiger partial charge in [0, 0.05) is 82.0 Å². The quantitative estimate of drug-likeness (QED) is 0.0660. The Morgan fingerprint density at radius 2 is 1.52 bits per heavy atom. The van der Waals surface area contributed by atoms with Gasteiger partial charge in [-0.15, -0.1) is 0 Å². The molecule has 0 saturated carbocycles. The van der Waals surface area contributed by atoms with Crippen molar-refractivity contribution in [1.82, 2.24) is 24.5 Å². The van der Waals surface area contributed by atoms with Crippen LogP contribution in [0.2, 0.25) is 51.4 Å². The average Bonchev–Trinajstić information content (AvgIpc) is 3.66. The number of nitrogens with zero attached hydrogens (tertiary/aromatic N) is 6. The van der Waals surface area contributed by atoms with Crippen LogP contribution >= 0.6 is 0 Å². The third-order valence-electron chi connectivity index (χ3n) is 10.6. The fourth-order valence-corrected chi connectivity index (χ4v) is 8.97. The molecular formula is C42H61FN6O5Si2. The van der Waals surface area contributed by atoms with Crippen molar-refractivity contribution >= 4 is 33.7 Å². The highest BCUT2D eigenvalue weighted by atomic mass is 28.3. The molecule has 5 heterocycles. The SMILES string of the molecule is COc1ccc(-c2ccc(-c3cnn4c(N(COCC[Si](C)(C)C)COCC[Si](C)(C)C)cc([C@H]5C[C@H]6CC[C@@H](C5)N6C(=O)OC(C)(C)C)nc34)cn2)cc1F. The Bertz CT molecular complexity index is 1940. The second-order valence-corrected chi connectivity index (χ2v) is 30.0. The maximum atomic E-state index is 14.6. The summed E-state index contributed by atoms with van der Waals surface area (Å²) in [7, 11) is -1.15. The van der Waals surface area contributed by atoms with Gasteiger partial charge < -0.3 is 28.7 Å². The average molecular weight is 805 g/mol. The summed E-state index contributed by atoms with van der Waals surface area (Å²) in [6.07, 6.45) is 6.91. The molecule has 2 bridgehead atoms. The molecule has 0 N–H and O–H groups in total. The van der Waals surface area contributed by atoms with Crippen LogP contribution in [0.4, 0.5) is 15.0 Å². The lowest BCUT2D eigenvalue weighted by Crippen LogP contribution is -2.48. The van der Waals surface area contributed by atoms with Gasteiger partial charge in [-0.2, -0.15) is 9.61 Å². The Kier molecular flexibility index (Phi) is 12.6. The topological polar surface area (TPSA) is 104 Å². The van der Waals surface area contributed by atoms with Gasteiger partial charge in [0.2, 0.25) is 0 Å². The summed E-state index contributed by atoms with van der Waals surface area (Å²) in [5.74, 6) is 0.726. The minimum absolute atomic E-state index is 0.0879. The molecule has 1 amide bonds. The van der Waals surface area contributed by atoms with E-state index in [9.17, 15) is 9.18 Å². The number of carbonyl (C=O) groups excluding carboxylic acids is 1. The number of ether oxygens (including phenoxy) is 4. The minimum Gasteiger partial charge on any atom is -0.494 e. The van der Waals surface area contributed by atoms with Gasteiger partial charge in [0.25, 0.3) is 0 Å². The zero-order valence-corrected chi connectivity index (χ0v) is 37.0. The first-order chi connectivity index (χ1) is 26.4. The molecule has 0 unspecified atom stereocenters. The highest BCUT2D eigenvalue weighted by Gasteiger charge is 2.45. The lowest BCUT2D eigenvalue weighted by molar-refractivity contribution is 0.00568. The predicted octanol–water partition coefficient (Wildman–Crippen LogP) is 9.68. The van der Waals surface area contributed by atoms with Crippen LogP contribution < -0.4 is 9.64 Å². The number of piperidine rings is 1. The van der Waals surface area contributed by atoms with E-state index in [1.807, 2.05) is 48.5 Å². The van der Waals surface area contributed by atoms with Crippen molar-refractivity contribution in [3.63, 3.8) is 0 Å². The maximum Gasteiger partial charge on any atom is 0.410 e. The lowest BCUT2D eigenvalue weighted by Gasteiger charge is -2.39. The number of benzene rings is 1. The molecule has 0 radical (unpaired) electrons. The molecule has 3 atom stereocenters. The zero-order valence-electron chi connectivity index (χ0n) is 35.0. The number of fused-ring (bicyclic) bond motifs is 3. The lowest BCUT2D eigenvalue weighted by atomic mass is 9.88. The van der Waals surface area contributed by atoms with Crippen LogP contribution in [0.25, 0.3) is 28.0 Å². The fourth-order valence-electron chi connectivity index (χ4n) is 7.46. The molecule has 2 fully saturated rings. The minimum atomic E-state index is -1.30. The first-order valence-corrected chi connectivity index (χ1v) is 27.4. The summed E-state index contributed by atoms with van der Waals surface area (Å²) in [6, 6.07) is 13.2. The second-order valence-electron chi connectivity index (χ2n) is 18.8. The van der Waals surface area contributed by atoms with Gasteiger partial charge >= 0.3 is 6.09 Å². The van der Waals surface area contributed by atoms with E-state index >= 15 is 0 Å². The highest BCUT2D eigenvalue weighted by molar-refractivity contribution is 6.76. The van der Waals surface area contributed by atoms with E-state index in [0.717, 1.165) is 60.4 Å². The monoisotopic (exact) mass is 804 g/mol. The van der Waals surface area contributed by atoms with Crippen molar-refractivity contribution in [2.24, 2.45) is 0 Å². The van der Waals surface area contributed by atoms with Gasteiger partial charge in [-0.25, -0.2) is 14.2 Å². The number of anilines is 1. The Balaban J connectivity index is 1.37. The van der Waals surface area contributed by atoms with Crippen molar-refractivity contribution in [3.8, 4) is 28.1 Å². The van der Waals surface area contributed by atoms with Crippen molar-refractivity contribution in [2.75, 3.05) is 38.7 Å². The first kappa shape index (κ1) is 41.8. The third-order valence-corrected chi connectivity index (χ3v) is 14.0. The van der Waals surface area contributed by atoms with Gasteiger partial charge in [0.1, 0.15) is 24.9 Å². The summed E-state index contributed by atoms with van der Waals surface area (Å²) in [5, 5.41) is 4.91. The molecule has 2 aliphatic heterocycles. The van der Waals surface area contributed by atoms with Crippen LogP contribution in [0.1, 0.15) is 58.1 Å². The number of hydrogen-bond donors (Lipinski definition) is 0. The highest BCUT2D eigenvalue weighted by Crippen LogP contribution is 2.44. The van der Waals surface area contributed by atoms with E-state index in [0.29, 0.717) is 43.6 Å². The summed E-state index contributed by atoms with van der Waals surface area (Å²) in [6.45, 7) is 21.9. The van der Waals surface area contributed by atoms with E-state index < -0.39 is 27.6 Å². The van der Waals surface area contributed by atoms with Crippen LogP contribution in [0.15, 0.2) is 48.8 Å². The smallest absolute Gasteiger partial charge is 0.410 e. The molecule has 2 saturated heterocycles. The predicted molar refractivity (Wildman–Crippen MR) is 225 cm³/mol. The molecule has 304 valence electrons.